The summed E-state index contributed by atoms with van der Waals surface area (Å²) in [6.07, 6.45) is 3.39. The highest BCUT2D eigenvalue weighted by Crippen LogP contribution is 2.35. The van der Waals surface area contributed by atoms with Crippen molar-refractivity contribution in [2.75, 3.05) is 11.1 Å². The van der Waals surface area contributed by atoms with E-state index in [4.69, 9.17) is 10.5 Å². The second kappa shape index (κ2) is 9.08. The van der Waals surface area contributed by atoms with Crippen LogP contribution >= 0.6 is 11.3 Å². The van der Waals surface area contributed by atoms with Crippen LogP contribution in [0.4, 0.5) is 17.3 Å². The maximum absolute atomic E-state index is 6.06. The van der Waals surface area contributed by atoms with Gasteiger partial charge in [-0.05, 0) is 43.3 Å². The van der Waals surface area contributed by atoms with Crippen molar-refractivity contribution in [1.82, 2.24) is 30.4 Å². The van der Waals surface area contributed by atoms with Gasteiger partial charge in [-0.2, -0.15) is 5.10 Å². The quantitative estimate of drug-likeness (QED) is 0.260. The molecule has 0 bridgehead atoms. The van der Waals surface area contributed by atoms with E-state index in [1.807, 2.05) is 73.0 Å². The summed E-state index contributed by atoms with van der Waals surface area (Å²) in [5.74, 6) is 2.12. The predicted octanol–water partition coefficient (Wildman–Crippen LogP) is 5.96. The summed E-state index contributed by atoms with van der Waals surface area (Å²) in [7, 11) is 0. The Morgan fingerprint density at radius 3 is 2.53 bits per heavy atom. The smallest absolute Gasteiger partial charge is 0.227 e. The Kier molecular flexibility index (Phi) is 5.47. The fourth-order valence-corrected chi connectivity index (χ4v) is 4.66. The average molecular weight is 493 g/mol. The molecule has 0 aliphatic rings. The highest BCUT2D eigenvalue weighted by molar-refractivity contribution is 7.13. The number of hydrogen-bond acceptors (Lipinski definition) is 9. The Bertz CT molecular complexity index is 1680. The van der Waals surface area contributed by atoms with Gasteiger partial charge < -0.3 is 15.8 Å². The first-order valence-corrected chi connectivity index (χ1v) is 12.0. The molecule has 0 fully saturated rings. The molecule has 0 amide bonds. The monoisotopic (exact) mass is 492 g/mol. The molecule has 4 aromatic heterocycles. The largest absolute Gasteiger partial charge is 0.438 e. The third-order valence-electron chi connectivity index (χ3n) is 5.57. The van der Waals surface area contributed by atoms with Gasteiger partial charge in [-0.3, -0.25) is 5.10 Å². The average Bonchev–Trinajstić information content (AvgIpc) is 3.53. The lowest BCUT2D eigenvalue weighted by atomic mass is 10.1. The van der Waals surface area contributed by atoms with Gasteiger partial charge in [-0.25, -0.2) is 9.97 Å². The molecule has 9 nitrogen and oxygen atoms in total. The van der Waals surface area contributed by atoms with Gasteiger partial charge in [-0.1, -0.05) is 24.3 Å². The van der Waals surface area contributed by atoms with Crippen molar-refractivity contribution < 1.29 is 4.74 Å². The van der Waals surface area contributed by atoms with Crippen molar-refractivity contribution in [3.63, 3.8) is 0 Å². The minimum Gasteiger partial charge on any atom is -0.438 e. The molecule has 4 heterocycles. The number of nitrogens with one attached hydrogen (secondary N) is 2. The molecule has 0 spiro atoms. The standard InChI is InChI=1S/C26H20N8OS/c1-15-14-36-26(30-15)22-18-5-2-3-6-19(18)24(34-32-22)31-16-8-10-17(11-9-16)35-25-20(7-4-12-28-25)21-13-29-33-23(21)27/h2-14H,1H3,(H,31,34)(H3,27,29,33). The number of nitrogen functional groups attached to an aromatic ring is 1. The number of aryl methyl sites for hydroxylation is 1. The van der Waals surface area contributed by atoms with E-state index < -0.39 is 0 Å². The van der Waals surface area contributed by atoms with Crippen LogP contribution in [0.15, 0.2) is 78.4 Å². The summed E-state index contributed by atoms with van der Waals surface area (Å²) >= 11 is 1.57. The third kappa shape index (κ3) is 4.10. The van der Waals surface area contributed by atoms with Crippen LogP contribution in [0.5, 0.6) is 11.6 Å². The molecule has 36 heavy (non-hydrogen) atoms. The molecular weight excluding hydrogens is 472 g/mol. The number of nitrogens with zero attached hydrogens (tertiary/aromatic N) is 5. The lowest BCUT2D eigenvalue weighted by molar-refractivity contribution is 0.465. The Hall–Kier alpha value is -4.83. The first kappa shape index (κ1) is 21.7. The number of anilines is 3. The van der Waals surface area contributed by atoms with Crippen LogP contribution in [0.3, 0.4) is 0 Å². The molecule has 0 atom stereocenters. The minimum absolute atomic E-state index is 0.386. The van der Waals surface area contributed by atoms with Crippen LogP contribution in [0.25, 0.3) is 32.6 Å². The van der Waals surface area contributed by atoms with E-state index in [-0.39, 0.29) is 0 Å². The summed E-state index contributed by atoms with van der Waals surface area (Å²) in [6, 6.07) is 19.3. The maximum atomic E-state index is 6.06. The molecule has 4 N–H and O–H groups in total. The van der Waals surface area contributed by atoms with E-state index in [9.17, 15) is 0 Å². The van der Waals surface area contributed by atoms with E-state index >= 15 is 0 Å². The van der Waals surface area contributed by atoms with E-state index in [1.54, 1.807) is 23.7 Å². The van der Waals surface area contributed by atoms with Gasteiger partial charge in [0.25, 0.3) is 0 Å². The second-order valence-electron chi connectivity index (χ2n) is 8.03. The molecule has 10 heteroatoms. The fourth-order valence-electron chi connectivity index (χ4n) is 3.86. The lowest BCUT2D eigenvalue weighted by Gasteiger charge is -2.12. The Morgan fingerprint density at radius 1 is 0.944 bits per heavy atom. The first-order valence-electron chi connectivity index (χ1n) is 11.1. The van der Waals surface area contributed by atoms with Gasteiger partial charge in [0, 0.05) is 51.1 Å². The van der Waals surface area contributed by atoms with Gasteiger partial charge in [0.05, 0.1) is 0 Å². The highest BCUT2D eigenvalue weighted by atomic mass is 32.1. The summed E-state index contributed by atoms with van der Waals surface area (Å²) < 4.78 is 6.06. The molecule has 0 aliphatic carbocycles. The van der Waals surface area contributed by atoms with Crippen LogP contribution in [0, 0.1) is 6.92 Å². The second-order valence-corrected chi connectivity index (χ2v) is 8.89. The zero-order chi connectivity index (χ0) is 24.5. The van der Waals surface area contributed by atoms with Crippen LogP contribution in [-0.2, 0) is 0 Å². The van der Waals surface area contributed by atoms with Crippen LogP contribution in [-0.4, -0.2) is 30.4 Å². The molecule has 0 saturated carbocycles. The van der Waals surface area contributed by atoms with Crippen molar-refractivity contribution >= 4 is 39.4 Å². The van der Waals surface area contributed by atoms with E-state index in [0.29, 0.717) is 23.3 Å². The number of thiazole rings is 1. The predicted molar refractivity (Wildman–Crippen MR) is 141 cm³/mol. The number of ether oxygens (including phenoxy) is 1. The van der Waals surface area contributed by atoms with E-state index in [1.165, 1.54) is 0 Å². The van der Waals surface area contributed by atoms with Gasteiger partial charge in [0.2, 0.25) is 5.88 Å². The van der Waals surface area contributed by atoms with Gasteiger partial charge in [0.1, 0.15) is 16.5 Å². The lowest BCUT2D eigenvalue weighted by Crippen LogP contribution is -1.99. The van der Waals surface area contributed by atoms with Crippen molar-refractivity contribution in [3.05, 3.63) is 84.1 Å². The molecule has 6 aromatic rings. The number of nitrogens with two attached hydrogens (primary N) is 1. The normalized spacial score (nSPS) is 11.0. The molecule has 2 aromatic carbocycles. The van der Waals surface area contributed by atoms with Gasteiger partial charge in [-0.15, -0.1) is 21.5 Å². The highest BCUT2D eigenvalue weighted by Gasteiger charge is 2.15. The molecule has 0 radical (unpaired) electrons. The van der Waals surface area contributed by atoms with Gasteiger partial charge >= 0.3 is 0 Å². The number of fused-ring (bicyclic) bond motifs is 1. The molecule has 0 unspecified atom stereocenters. The topological polar surface area (TPSA) is 128 Å². The zero-order valence-corrected chi connectivity index (χ0v) is 20.0. The van der Waals surface area contributed by atoms with E-state index in [2.05, 4.69) is 35.7 Å². The van der Waals surface area contributed by atoms with Crippen LogP contribution in [0.1, 0.15) is 5.69 Å². The number of rotatable bonds is 6. The van der Waals surface area contributed by atoms with Crippen LogP contribution in [0.2, 0.25) is 0 Å². The Morgan fingerprint density at radius 2 is 1.78 bits per heavy atom. The van der Waals surface area contributed by atoms with E-state index in [0.717, 1.165) is 44.0 Å². The van der Waals surface area contributed by atoms with Crippen molar-refractivity contribution in [1.29, 1.82) is 0 Å². The molecule has 6 rings (SSSR count). The number of H-pyrrole nitrogens is 1. The van der Waals surface area contributed by atoms with Crippen LogP contribution < -0.4 is 15.8 Å². The SMILES string of the molecule is Cc1csc(-c2nnc(Nc3ccc(Oc4ncccc4-c4c[nH]nc4N)cc3)c3ccccc23)n1. The Balaban J connectivity index is 1.26. The summed E-state index contributed by atoms with van der Waals surface area (Å²) in [5, 5.41) is 23.9. The number of pyridine rings is 1. The fraction of sp³-hybridized carbons (Fsp3) is 0.0385. The third-order valence-corrected chi connectivity index (χ3v) is 6.54. The van der Waals surface area contributed by atoms with Crippen molar-refractivity contribution in [2.45, 2.75) is 6.92 Å². The van der Waals surface area contributed by atoms with Crippen molar-refractivity contribution in [2.24, 2.45) is 0 Å². The molecule has 0 saturated heterocycles. The summed E-state index contributed by atoms with van der Waals surface area (Å²) in [5.41, 5.74) is 10.0. The molecule has 0 aliphatic heterocycles. The van der Waals surface area contributed by atoms with Crippen molar-refractivity contribution in [3.8, 4) is 33.5 Å². The number of aromatic nitrogens is 6. The first-order chi connectivity index (χ1) is 17.7. The molecular formula is C26H20N8OS. The molecule has 176 valence electrons. The van der Waals surface area contributed by atoms with Gasteiger partial charge in [0.15, 0.2) is 11.6 Å². The minimum atomic E-state index is 0.386. The number of aromatic amines is 1. The number of hydrogen-bond donors (Lipinski definition) is 3. The zero-order valence-electron chi connectivity index (χ0n) is 19.1. The summed E-state index contributed by atoms with van der Waals surface area (Å²) in [4.78, 5) is 8.95. The maximum Gasteiger partial charge on any atom is 0.227 e. The number of benzene rings is 2. The summed E-state index contributed by atoms with van der Waals surface area (Å²) in [6.45, 7) is 1.97. The Labute approximate surface area is 210 Å².